The molecule has 0 saturated carbocycles. The summed E-state index contributed by atoms with van der Waals surface area (Å²) >= 11 is 0. The van der Waals surface area contributed by atoms with E-state index in [0.717, 1.165) is 30.7 Å². The van der Waals surface area contributed by atoms with Crippen molar-refractivity contribution in [2.45, 2.75) is 25.8 Å². The molecule has 5 heteroatoms. The lowest BCUT2D eigenvalue weighted by atomic mass is 10.2. The van der Waals surface area contributed by atoms with Crippen LogP contribution in [-0.2, 0) is 4.74 Å². The molecule has 0 amide bonds. The Labute approximate surface area is 123 Å². The molecule has 1 aliphatic rings. The predicted molar refractivity (Wildman–Crippen MR) is 81.7 cm³/mol. The zero-order valence-corrected chi connectivity index (χ0v) is 12.2. The lowest BCUT2D eigenvalue weighted by Crippen LogP contribution is -2.27. The standard InChI is InChI=1S/C16H19N3O2/c1-3-12-6-5-9-18(12)13-7-8-15-17-10-14(19(15)11-13)16(20)21-4-2/h3,7-8,10-12H,1,4-6,9H2,2H3/t12-/m0/s1. The molecule has 0 radical (unpaired) electrons. The first-order chi connectivity index (χ1) is 10.2. The number of hydrogen-bond acceptors (Lipinski definition) is 4. The Balaban J connectivity index is 2.00. The van der Waals surface area contributed by atoms with E-state index in [4.69, 9.17) is 4.74 Å². The average molecular weight is 285 g/mol. The molecule has 0 aliphatic carbocycles. The number of imidazole rings is 1. The van der Waals surface area contributed by atoms with Gasteiger partial charge in [-0.25, -0.2) is 9.78 Å². The van der Waals surface area contributed by atoms with E-state index < -0.39 is 0 Å². The first-order valence-corrected chi connectivity index (χ1v) is 7.28. The van der Waals surface area contributed by atoms with Crippen molar-refractivity contribution in [2.24, 2.45) is 0 Å². The topological polar surface area (TPSA) is 46.8 Å². The van der Waals surface area contributed by atoms with Crippen LogP contribution in [0.1, 0.15) is 30.3 Å². The largest absolute Gasteiger partial charge is 0.461 e. The predicted octanol–water partition coefficient (Wildman–Crippen LogP) is 2.67. The maximum absolute atomic E-state index is 12.0. The van der Waals surface area contributed by atoms with Crippen molar-refractivity contribution in [1.29, 1.82) is 0 Å². The summed E-state index contributed by atoms with van der Waals surface area (Å²) in [6.45, 7) is 7.07. The SMILES string of the molecule is C=C[C@H]1CCCN1c1ccc2ncc(C(=O)OCC)n2c1. The molecular formula is C16H19N3O2. The second-order valence-electron chi connectivity index (χ2n) is 5.12. The fraction of sp³-hybridized carbons (Fsp3) is 0.375. The summed E-state index contributed by atoms with van der Waals surface area (Å²) < 4.78 is 6.87. The van der Waals surface area contributed by atoms with Gasteiger partial charge in [0.15, 0.2) is 5.69 Å². The zero-order valence-electron chi connectivity index (χ0n) is 12.2. The number of pyridine rings is 1. The molecule has 1 atom stereocenters. The molecule has 3 heterocycles. The van der Waals surface area contributed by atoms with Crippen molar-refractivity contribution in [1.82, 2.24) is 9.38 Å². The molecule has 110 valence electrons. The van der Waals surface area contributed by atoms with Crippen LogP contribution in [0.15, 0.2) is 37.2 Å². The summed E-state index contributed by atoms with van der Waals surface area (Å²) in [5.41, 5.74) is 2.28. The third-order valence-electron chi connectivity index (χ3n) is 3.88. The number of aromatic nitrogens is 2. The Morgan fingerprint density at radius 3 is 3.19 bits per heavy atom. The Kier molecular flexibility index (Phi) is 3.64. The van der Waals surface area contributed by atoms with Crippen molar-refractivity contribution in [3.05, 3.63) is 42.9 Å². The molecule has 0 unspecified atom stereocenters. The van der Waals surface area contributed by atoms with Crippen molar-refractivity contribution in [3.63, 3.8) is 0 Å². The fourth-order valence-corrected chi connectivity index (χ4v) is 2.85. The maximum atomic E-state index is 12.0. The minimum absolute atomic E-state index is 0.344. The number of rotatable bonds is 4. The molecule has 2 aromatic heterocycles. The van der Waals surface area contributed by atoms with E-state index in [2.05, 4.69) is 16.5 Å². The normalized spacial score (nSPS) is 18.1. The van der Waals surface area contributed by atoms with Gasteiger partial charge < -0.3 is 9.64 Å². The van der Waals surface area contributed by atoms with E-state index >= 15 is 0 Å². The van der Waals surface area contributed by atoms with Gasteiger partial charge in [-0.2, -0.15) is 0 Å². The number of fused-ring (bicyclic) bond motifs is 1. The van der Waals surface area contributed by atoms with Gasteiger partial charge in [0.25, 0.3) is 0 Å². The van der Waals surface area contributed by atoms with E-state index in [1.54, 1.807) is 17.5 Å². The molecule has 0 aromatic carbocycles. The van der Waals surface area contributed by atoms with E-state index in [1.165, 1.54) is 0 Å². The van der Waals surface area contributed by atoms with Crippen LogP contribution in [0.25, 0.3) is 5.65 Å². The van der Waals surface area contributed by atoms with E-state index in [0.29, 0.717) is 18.3 Å². The van der Waals surface area contributed by atoms with Gasteiger partial charge in [-0.15, -0.1) is 6.58 Å². The highest BCUT2D eigenvalue weighted by Crippen LogP contribution is 2.26. The summed E-state index contributed by atoms with van der Waals surface area (Å²) in [4.78, 5) is 18.5. The Hall–Kier alpha value is -2.30. The van der Waals surface area contributed by atoms with Gasteiger partial charge >= 0.3 is 5.97 Å². The number of hydrogen-bond donors (Lipinski definition) is 0. The summed E-state index contributed by atoms with van der Waals surface area (Å²) in [5, 5.41) is 0. The molecule has 0 spiro atoms. The minimum atomic E-state index is -0.344. The summed E-state index contributed by atoms with van der Waals surface area (Å²) in [6, 6.07) is 4.33. The van der Waals surface area contributed by atoms with E-state index in [1.807, 2.05) is 24.4 Å². The lowest BCUT2D eigenvalue weighted by Gasteiger charge is -2.24. The fourth-order valence-electron chi connectivity index (χ4n) is 2.85. The van der Waals surface area contributed by atoms with Crippen LogP contribution in [-0.4, -0.2) is 34.5 Å². The van der Waals surface area contributed by atoms with Crippen LogP contribution in [0.5, 0.6) is 0 Å². The van der Waals surface area contributed by atoms with Crippen molar-refractivity contribution in [2.75, 3.05) is 18.1 Å². The number of esters is 1. The van der Waals surface area contributed by atoms with Crippen molar-refractivity contribution in [3.8, 4) is 0 Å². The number of carbonyl (C=O) groups excluding carboxylic acids is 1. The minimum Gasteiger partial charge on any atom is -0.461 e. The van der Waals surface area contributed by atoms with Crippen LogP contribution in [0, 0.1) is 0 Å². The Morgan fingerprint density at radius 1 is 1.57 bits per heavy atom. The Morgan fingerprint density at radius 2 is 2.43 bits per heavy atom. The van der Waals surface area contributed by atoms with Gasteiger partial charge in [-0.05, 0) is 31.9 Å². The number of carbonyl (C=O) groups is 1. The molecular weight excluding hydrogens is 266 g/mol. The average Bonchev–Trinajstić information content (AvgIpc) is 3.13. The van der Waals surface area contributed by atoms with Gasteiger partial charge in [0.05, 0.1) is 18.5 Å². The second kappa shape index (κ2) is 5.60. The van der Waals surface area contributed by atoms with Gasteiger partial charge in [-0.3, -0.25) is 4.40 Å². The third-order valence-corrected chi connectivity index (χ3v) is 3.88. The van der Waals surface area contributed by atoms with Gasteiger partial charge in [0.2, 0.25) is 0 Å². The summed E-state index contributed by atoms with van der Waals surface area (Å²) in [7, 11) is 0. The first-order valence-electron chi connectivity index (χ1n) is 7.28. The molecule has 0 bridgehead atoms. The maximum Gasteiger partial charge on any atom is 0.356 e. The smallest absolute Gasteiger partial charge is 0.356 e. The second-order valence-corrected chi connectivity index (χ2v) is 5.12. The van der Waals surface area contributed by atoms with Gasteiger partial charge in [0, 0.05) is 18.8 Å². The highest BCUT2D eigenvalue weighted by atomic mass is 16.5. The number of nitrogens with zero attached hydrogens (tertiary/aromatic N) is 3. The third kappa shape index (κ3) is 2.39. The van der Waals surface area contributed by atoms with Crippen LogP contribution < -0.4 is 4.90 Å². The van der Waals surface area contributed by atoms with Crippen molar-refractivity contribution < 1.29 is 9.53 Å². The van der Waals surface area contributed by atoms with Crippen LogP contribution in [0.2, 0.25) is 0 Å². The highest BCUT2D eigenvalue weighted by Gasteiger charge is 2.23. The van der Waals surface area contributed by atoms with Gasteiger partial charge in [0.1, 0.15) is 5.65 Å². The van der Waals surface area contributed by atoms with Crippen molar-refractivity contribution >= 4 is 17.3 Å². The quantitative estimate of drug-likeness (QED) is 0.640. The monoisotopic (exact) mass is 285 g/mol. The van der Waals surface area contributed by atoms with E-state index in [-0.39, 0.29) is 5.97 Å². The molecule has 21 heavy (non-hydrogen) atoms. The highest BCUT2D eigenvalue weighted by molar-refractivity contribution is 5.88. The number of ether oxygens (including phenoxy) is 1. The molecule has 1 saturated heterocycles. The number of anilines is 1. The molecule has 1 aliphatic heterocycles. The lowest BCUT2D eigenvalue weighted by molar-refractivity contribution is 0.0518. The molecule has 2 aromatic rings. The molecule has 1 fully saturated rings. The molecule has 5 nitrogen and oxygen atoms in total. The van der Waals surface area contributed by atoms with E-state index in [9.17, 15) is 4.79 Å². The van der Waals surface area contributed by atoms with Gasteiger partial charge in [-0.1, -0.05) is 6.08 Å². The van der Waals surface area contributed by atoms with Crippen LogP contribution in [0.3, 0.4) is 0 Å². The van der Waals surface area contributed by atoms with Crippen LogP contribution in [0.4, 0.5) is 5.69 Å². The Bertz CT molecular complexity index is 677. The summed E-state index contributed by atoms with van der Waals surface area (Å²) in [6.07, 6.45) is 7.78. The summed E-state index contributed by atoms with van der Waals surface area (Å²) in [5.74, 6) is -0.344. The molecule has 3 rings (SSSR count). The molecule has 0 N–H and O–H groups in total. The van der Waals surface area contributed by atoms with Crippen LogP contribution >= 0.6 is 0 Å². The zero-order chi connectivity index (χ0) is 14.8. The first kappa shape index (κ1) is 13.7.